The van der Waals surface area contributed by atoms with Crippen molar-refractivity contribution in [2.75, 3.05) is 0 Å². The first kappa shape index (κ1) is 24.8. The van der Waals surface area contributed by atoms with E-state index in [1.54, 1.807) is 0 Å². The highest BCUT2D eigenvalue weighted by molar-refractivity contribution is 5.66. The van der Waals surface area contributed by atoms with Gasteiger partial charge in [-0.2, -0.15) is 0 Å². The predicted octanol–water partition coefficient (Wildman–Crippen LogP) is 8.15. The molecule has 0 aromatic heterocycles. The minimum atomic E-state index is -0.162. The fourth-order valence-corrected chi connectivity index (χ4v) is 8.62. The van der Waals surface area contributed by atoms with Crippen molar-refractivity contribution in [2.24, 2.45) is 52.3 Å². The van der Waals surface area contributed by atoms with Gasteiger partial charge < -0.3 is 4.74 Å². The van der Waals surface area contributed by atoms with Crippen molar-refractivity contribution >= 4 is 5.97 Å². The van der Waals surface area contributed by atoms with Crippen LogP contribution in [0.4, 0.5) is 0 Å². The van der Waals surface area contributed by atoms with Gasteiger partial charge in [0.15, 0.2) is 0 Å². The van der Waals surface area contributed by atoms with Gasteiger partial charge in [0.2, 0.25) is 0 Å². The Morgan fingerprint density at radius 3 is 2.52 bits per heavy atom. The summed E-state index contributed by atoms with van der Waals surface area (Å²) in [7, 11) is 0. The van der Waals surface area contributed by atoms with Crippen LogP contribution >= 0.6 is 0 Å². The SMILES string of the molecule is CCC(C=CC(C)C1CCC2C3C=CC4=CC(OC(C)=O)CCC4(C)C3CCC12C)C(C)C. The molecule has 0 radical (unpaired) electrons. The smallest absolute Gasteiger partial charge is 0.303 e. The highest BCUT2D eigenvalue weighted by Crippen LogP contribution is 2.66. The van der Waals surface area contributed by atoms with Gasteiger partial charge in [-0.05, 0) is 109 Å². The number of hydrogen-bond acceptors (Lipinski definition) is 2. The van der Waals surface area contributed by atoms with E-state index < -0.39 is 0 Å². The highest BCUT2D eigenvalue weighted by Gasteiger charge is 2.58. The molecule has 0 aromatic rings. The summed E-state index contributed by atoms with van der Waals surface area (Å²) < 4.78 is 5.55. The zero-order valence-electron chi connectivity index (χ0n) is 22.3. The Hall–Kier alpha value is -1.31. The molecule has 2 nitrogen and oxygen atoms in total. The van der Waals surface area contributed by atoms with Crippen molar-refractivity contribution in [3.8, 4) is 0 Å². The average molecular weight is 453 g/mol. The molecule has 4 rings (SSSR count). The van der Waals surface area contributed by atoms with Crippen LogP contribution in [0.1, 0.15) is 93.4 Å². The summed E-state index contributed by atoms with van der Waals surface area (Å²) in [6, 6.07) is 0. The molecule has 9 unspecified atom stereocenters. The van der Waals surface area contributed by atoms with Crippen molar-refractivity contribution in [3.63, 3.8) is 0 Å². The maximum absolute atomic E-state index is 11.5. The van der Waals surface area contributed by atoms with E-state index in [-0.39, 0.29) is 17.5 Å². The second kappa shape index (κ2) is 9.38. The van der Waals surface area contributed by atoms with Crippen molar-refractivity contribution in [3.05, 3.63) is 36.0 Å². The Bertz CT molecular complexity index is 819. The van der Waals surface area contributed by atoms with Crippen molar-refractivity contribution in [1.29, 1.82) is 0 Å². The second-order valence-corrected chi connectivity index (χ2v) is 12.7. The van der Waals surface area contributed by atoms with E-state index in [2.05, 4.69) is 71.9 Å². The maximum atomic E-state index is 11.5. The third-order valence-corrected chi connectivity index (χ3v) is 10.6. The van der Waals surface area contributed by atoms with Crippen LogP contribution in [0.2, 0.25) is 0 Å². The lowest BCUT2D eigenvalue weighted by atomic mass is 9.48. The molecule has 2 saturated carbocycles. The van der Waals surface area contributed by atoms with Gasteiger partial charge in [-0.25, -0.2) is 0 Å². The fraction of sp³-hybridized carbons (Fsp3) is 0.774. The molecule has 0 N–H and O–H groups in total. The van der Waals surface area contributed by atoms with E-state index in [0.29, 0.717) is 23.2 Å². The summed E-state index contributed by atoms with van der Waals surface area (Å²) in [4.78, 5) is 11.5. The number of ether oxygens (including phenoxy) is 1. The van der Waals surface area contributed by atoms with Gasteiger partial charge in [-0.3, -0.25) is 4.79 Å². The number of allylic oxidation sites excluding steroid dienone is 5. The Labute approximate surface area is 203 Å². The molecule has 2 heteroatoms. The van der Waals surface area contributed by atoms with E-state index in [1.807, 2.05) is 0 Å². The number of fused-ring (bicyclic) bond motifs is 5. The van der Waals surface area contributed by atoms with E-state index in [4.69, 9.17) is 4.74 Å². The molecule has 0 heterocycles. The van der Waals surface area contributed by atoms with Gasteiger partial charge in [-0.15, -0.1) is 0 Å². The van der Waals surface area contributed by atoms with Gasteiger partial charge in [0.25, 0.3) is 0 Å². The molecule has 9 atom stereocenters. The molecule has 0 spiro atoms. The summed E-state index contributed by atoms with van der Waals surface area (Å²) in [6.45, 7) is 16.2. The summed E-state index contributed by atoms with van der Waals surface area (Å²) in [5.41, 5.74) is 2.13. The average Bonchev–Trinajstić information content (AvgIpc) is 3.11. The third-order valence-electron chi connectivity index (χ3n) is 10.6. The monoisotopic (exact) mass is 452 g/mol. The molecule has 4 aliphatic carbocycles. The molecule has 0 amide bonds. The Kier molecular flexibility index (Phi) is 7.05. The minimum absolute atomic E-state index is 0.0399. The quantitative estimate of drug-likeness (QED) is 0.300. The Morgan fingerprint density at radius 1 is 1.09 bits per heavy atom. The summed E-state index contributed by atoms with van der Waals surface area (Å²) in [6.07, 6.45) is 21.1. The largest absolute Gasteiger partial charge is 0.458 e. The fourth-order valence-electron chi connectivity index (χ4n) is 8.62. The third kappa shape index (κ3) is 4.41. The molecule has 2 fully saturated rings. The molecule has 33 heavy (non-hydrogen) atoms. The zero-order valence-corrected chi connectivity index (χ0v) is 22.3. The van der Waals surface area contributed by atoms with Crippen LogP contribution in [0.3, 0.4) is 0 Å². The first-order valence-corrected chi connectivity index (χ1v) is 13.9. The van der Waals surface area contributed by atoms with Gasteiger partial charge in [0, 0.05) is 6.92 Å². The topological polar surface area (TPSA) is 26.3 Å². The van der Waals surface area contributed by atoms with Crippen LogP contribution in [0, 0.1) is 52.3 Å². The zero-order chi connectivity index (χ0) is 24.0. The van der Waals surface area contributed by atoms with Gasteiger partial charge in [0.05, 0.1) is 0 Å². The lowest BCUT2D eigenvalue weighted by Crippen LogP contribution is -2.49. The number of carbonyl (C=O) groups excluding carboxylic acids is 1. The van der Waals surface area contributed by atoms with Crippen LogP contribution in [-0.2, 0) is 9.53 Å². The lowest BCUT2D eigenvalue weighted by molar-refractivity contribution is -0.145. The van der Waals surface area contributed by atoms with Crippen molar-refractivity contribution in [1.82, 2.24) is 0 Å². The number of carbonyl (C=O) groups is 1. The van der Waals surface area contributed by atoms with Crippen LogP contribution in [0.25, 0.3) is 0 Å². The lowest BCUT2D eigenvalue weighted by Gasteiger charge is -2.57. The van der Waals surface area contributed by atoms with Crippen molar-refractivity contribution in [2.45, 2.75) is 99.5 Å². The van der Waals surface area contributed by atoms with Crippen LogP contribution in [0.5, 0.6) is 0 Å². The first-order valence-electron chi connectivity index (χ1n) is 13.9. The standard InChI is InChI=1S/C31H48O2/c1-8-23(20(2)3)10-9-21(4)27-13-14-28-26-12-11-24-19-25(33-22(5)32)15-17-30(24,6)29(26)16-18-31(27,28)7/h9-12,19-21,23,25-29H,8,13-18H2,1-7H3. The molecule has 0 saturated heterocycles. The van der Waals surface area contributed by atoms with Crippen LogP contribution in [-0.4, -0.2) is 12.1 Å². The molecular formula is C31H48O2. The summed E-state index contributed by atoms with van der Waals surface area (Å²) >= 11 is 0. The Balaban J connectivity index is 1.53. The van der Waals surface area contributed by atoms with Crippen LogP contribution < -0.4 is 0 Å². The molecular weight excluding hydrogens is 404 g/mol. The van der Waals surface area contributed by atoms with Gasteiger partial charge >= 0.3 is 5.97 Å². The van der Waals surface area contributed by atoms with E-state index in [9.17, 15) is 4.79 Å². The number of rotatable bonds is 6. The Morgan fingerprint density at radius 2 is 1.85 bits per heavy atom. The first-order chi connectivity index (χ1) is 15.6. The van der Waals surface area contributed by atoms with E-state index in [1.165, 1.54) is 44.6 Å². The molecule has 0 aliphatic heterocycles. The predicted molar refractivity (Wildman–Crippen MR) is 138 cm³/mol. The number of hydrogen-bond donors (Lipinski definition) is 0. The molecule has 0 aromatic carbocycles. The molecule has 4 aliphatic rings. The summed E-state index contributed by atoms with van der Waals surface area (Å²) in [5.74, 6) is 5.00. The van der Waals surface area contributed by atoms with Crippen LogP contribution in [0.15, 0.2) is 36.0 Å². The van der Waals surface area contributed by atoms with Gasteiger partial charge in [0.1, 0.15) is 6.10 Å². The summed E-state index contributed by atoms with van der Waals surface area (Å²) in [5, 5.41) is 0. The minimum Gasteiger partial charge on any atom is -0.458 e. The number of esters is 1. The maximum Gasteiger partial charge on any atom is 0.303 e. The molecule has 184 valence electrons. The molecule has 0 bridgehead atoms. The second-order valence-electron chi connectivity index (χ2n) is 12.7. The van der Waals surface area contributed by atoms with Crippen molar-refractivity contribution < 1.29 is 9.53 Å². The van der Waals surface area contributed by atoms with Gasteiger partial charge in [-0.1, -0.05) is 65.8 Å². The van der Waals surface area contributed by atoms with E-state index >= 15 is 0 Å². The highest BCUT2D eigenvalue weighted by atomic mass is 16.5. The van der Waals surface area contributed by atoms with E-state index in [0.717, 1.165) is 36.5 Å². The normalized spacial score (nSPS) is 41.8.